The van der Waals surface area contributed by atoms with Gasteiger partial charge in [-0.2, -0.15) is 0 Å². The van der Waals surface area contributed by atoms with Crippen molar-refractivity contribution in [1.82, 2.24) is 0 Å². The summed E-state index contributed by atoms with van der Waals surface area (Å²) in [4.78, 5) is 0. The maximum absolute atomic E-state index is 6.83. The van der Waals surface area contributed by atoms with Crippen LogP contribution in [0.25, 0.3) is 33.4 Å². The molecular weight excluding hydrogens is 669 g/mol. The van der Waals surface area contributed by atoms with E-state index in [-0.39, 0.29) is 16.4 Å². The van der Waals surface area contributed by atoms with E-state index in [4.69, 9.17) is 4.74 Å². The highest BCUT2D eigenvalue weighted by molar-refractivity contribution is 6.92. The highest BCUT2D eigenvalue weighted by atomic mass is 28.3. The van der Waals surface area contributed by atoms with E-state index in [0.717, 1.165) is 18.6 Å². The lowest BCUT2D eigenvalue weighted by Crippen LogP contribution is -2.49. The Balaban J connectivity index is 1.60. The van der Waals surface area contributed by atoms with E-state index >= 15 is 0 Å². The van der Waals surface area contributed by atoms with Crippen molar-refractivity contribution >= 4 is 13.3 Å². The van der Waals surface area contributed by atoms with Crippen LogP contribution in [0.4, 0.5) is 0 Å². The zero-order valence-electron chi connectivity index (χ0n) is 35.0. The molecule has 0 N–H and O–H groups in total. The van der Waals surface area contributed by atoms with Crippen LogP contribution in [0.3, 0.4) is 0 Å². The van der Waals surface area contributed by atoms with E-state index in [2.05, 4.69) is 172 Å². The summed E-state index contributed by atoms with van der Waals surface area (Å²) < 4.78 is 6.83. The largest absolute Gasteiger partial charge is 0.489 e. The number of rotatable bonds is 13. The SMILES string of the molecule is C=CCOc1c(C(C)(C)C)cc(C(C)(C)C)cc1[Si](C)(C)C1c2cc(-c3cccc(CCCC)c3)ccc2-c2ccc(-c3cccc(CCCC)c3)cc21. The fraction of sp³-hybridized carbons (Fsp3) is 0.385. The summed E-state index contributed by atoms with van der Waals surface area (Å²) in [6.45, 7) is 28.3. The Bertz CT molecular complexity index is 2020. The molecule has 0 radical (unpaired) electrons. The molecule has 6 rings (SSSR count). The maximum atomic E-state index is 6.83. The summed E-state index contributed by atoms with van der Waals surface area (Å²) >= 11 is 0. The van der Waals surface area contributed by atoms with Crippen molar-refractivity contribution in [2.24, 2.45) is 0 Å². The second-order valence-corrected chi connectivity index (χ2v) is 22.9. The third kappa shape index (κ3) is 8.11. The Morgan fingerprint density at radius 3 is 1.57 bits per heavy atom. The first-order valence-corrected chi connectivity index (χ1v) is 23.6. The van der Waals surface area contributed by atoms with E-state index in [9.17, 15) is 0 Å². The molecule has 0 unspecified atom stereocenters. The molecule has 0 aliphatic heterocycles. The Morgan fingerprint density at radius 2 is 1.13 bits per heavy atom. The normalized spacial score (nSPS) is 13.1. The van der Waals surface area contributed by atoms with Crippen LogP contribution in [0.15, 0.2) is 110 Å². The third-order valence-electron chi connectivity index (χ3n) is 11.7. The van der Waals surface area contributed by atoms with Crippen molar-refractivity contribution in [2.75, 3.05) is 6.61 Å². The van der Waals surface area contributed by atoms with Gasteiger partial charge in [-0.05, 0) is 108 Å². The minimum atomic E-state index is -2.43. The molecule has 0 spiro atoms. The average Bonchev–Trinajstić information content (AvgIpc) is 3.48. The number of unbranched alkanes of at least 4 members (excludes halogenated alkanes) is 2. The van der Waals surface area contributed by atoms with Crippen molar-refractivity contribution in [1.29, 1.82) is 0 Å². The van der Waals surface area contributed by atoms with E-state index in [0.29, 0.717) is 6.61 Å². The first-order valence-electron chi connectivity index (χ1n) is 20.6. The summed E-state index contributed by atoms with van der Waals surface area (Å²) in [5, 5.41) is 1.41. The standard InChI is InChI=1S/C52H64OSi/c1-12-15-19-36-21-17-23-38(30-36)40-25-27-43-44-28-26-41(39-24-18-22-37(31-39)20-16-13-2)33-46(44)50(45(43)32-40)54(10,11)48-35-42(51(4,5)6)34-47(52(7,8)9)49(48)53-29-14-3/h14,17-18,21-28,30-35,50H,3,12-13,15-16,19-20,29H2,1-2,4-11H3. The quantitative estimate of drug-likeness (QED) is 0.0865. The van der Waals surface area contributed by atoms with Crippen LogP contribution in [0.5, 0.6) is 5.75 Å². The molecule has 54 heavy (non-hydrogen) atoms. The molecule has 0 bridgehead atoms. The number of fused-ring (bicyclic) bond motifs is 3. The fourth-order valence-electron chi connectivity index (χ4n) is 8.52. The smallest absolute Gasteiger partial charge is 0.122 e. The summed E-state index contributed by atoms with van der Waals surface area (Å²) in [5.74, 6) is 1.07. The van der Waals surface area contributed by atoms with Gasteiger partial charge >= 0.3 is 0 Å². The Morgan fingerprint density at radius 1 is 0.630 bits per heavy atom. The molecule has 0 fully saturated rings. The van der Waals surface area contributed by atoms with Crippen LogP contribution in [0.2, 0.25) is 13.1 Å². The van der Waals surface area contributed by atoms with Gasteiger partial charge in [0.15, 0.2) is 0 Å². The van der Waals surface area contributed by atoms with Gasteiger partial charge in [0.1, 0.15) is 12.4 Å². The van der Waals surface area contributed by atoms with Gasteiger partial charge in [-0.1, -0.05) is 191 Å². The van der Waals surface area contributed by atoms with Crippen molar-refractivity contribution in [3.8, 4) is 39.1 Å². The predicted molar refractivity (Wildman–Crippen MR) is 238 cm³/mol. The average molecular weight is 733 g/mol. The van der Waals surface area contributed by atoms with Gasteiger partial charge in [0, 0.05) is 5.54 Å². The van der Waals surface area contributed by atoms with Gasteiger partial charge in [-0.25, -0.2) is 0 Å². The van der Waals surface area contributed by atoms with Gasteiger partial charge in [-0.15, -0.1) is 0 Å². The number of aryl methyl sites for hydroxylation is 2. The topological polar surface area (TPSA) is 9.23 Å². The second kappa shape index (κ2) is 15.9. The highest BCUT2D eigenvalue weighted by Crippen LogP contribution is 2.52. The molecule has 5 aromatic rings. The van der Waals surface area contributed by atoms with Gasteiger partial charge in [0.2, 0.25) is 0 Å². The molecule has 0 atom stereocenters. The molecule has 1 nitrogen and oxygen atoms in total. The number of ether oxygens (including phenoxy) is 1. The maximum Gasteiger partial charge on any atom is 0.122 e. The molecule has 0 saturated carbocycles. The van der Waals surface area contributed by atoms with Gasteiger partial charge in [0.05, 0.1) is 8.07 Å². The number of benzene rings is 5. The van der Waals surface area contributed by atoms with Crippen molar-refractivity contribution < 1.29 is 4.74 Å². The second-order valence-electron chi connectivity index (χ2n) is 18.4. The fourth-order valence-corrected chi connectivity index (χ4v) is 12.2. The zero-order valence-corrected chi connectivity index (χ0v) is 36.0. The van der Waals surface area contributed by atoms with Gasteiger partial charge in [-0.3, -0.25) is 0 Å². The molecule has 2 heteroatoms. The molecule has 0 heterocycles. The molecule has 0 saturated heterocycles. The number of hydrogen-bond donors (Lipinski definition) is 0. The van der Waals surface area contributed by atoms with Crippen LogP contribution in [-0.4, -0.2) is 14.7 Å². The van der Waals surface area contributed by atoms with E-state index in [1.807, 2.05) is 6.08 Å². The van der Waals surface area contributed by atoms with Crippen LogP contribution >= 0.6 is 0 Å². The Labute approximate surface area is 328 Å². The summed E-state index contributed by atoms with van der Waals surface area (Å²) in [5.41, 5.74) is 16.6. The first kappa shape index (κ1) is 39.5. The van der Waals surface area contributed by atoms with Crippen molar-refractivity contribution in [3.63, 3.8) is 0 Å². The van der Waals surface area contributed by atoms with E-state index in [1.165, 1.54) is 97.6 Å². The minimum Gasteiger partial charge on any atom is -0.489 e. The molecule has 282 valence electrons. The molecule has 5 aromatic carbocycles. The molecule has 0 amide bonds. The van der Waals surface area contributed by atoms with Crippen molar-refractivity contribution in [3.05, 3.63) is 143 Å². The van der Waals surface area contributed by atoms with Crippen LogP contribution in [-0.2, 0) is 23.7 Å². The Hall–Kier alpha value is -4.14. The predicted octanol–water partition coefficient (Wildman–Crippen LogP) is 14.1. The van der Waals surface area contributed by atoms with E-state index in [1.54, 1.807) is 0 Å². The number of hydrogen-bond acceptors (Lipinski definition) is 1. The van der Waals surface area contributed by atoms with Crippen LogP contribution in [0, 0.1) is 0 Å². The van der Waals surface area contributed by atoms with Crippen LogP contribution in [0.1, 0.15) is 120 Å². The third-order valence-corrected chi connectivity index (χ3v) is 15.5. The lowest BCUT2D eigenvalue weighted by Gasteiger charge is -2.37. The molecular formula is C52H64OSi. The molecule has 0 aromatic heterocycles. The first-order chi connectivity index (χ1) is 25.7. The lowest BCUT2D eigenvalue weighted by atomic mass is 9.80. The van der Waals surface area contributed by atoms with Crippen LogP contribution < -0.4 is 9.92 Å². The zero-order chi connectivity index (χ0) is 38.8. The van der Waals surface area contributed by atoms with Gasteiger partial charge < -0.3 is 4.74 Å². The van der Waals surface area contributed by atoms with Crippen molar-refractivity contribution in [2.45, 2.75) is 123 Å². The monoisotopic (exact) mass is 732 g/mol. The van der Waals surface area contributed by atoms with E-state index < -0.39 is 8.07 Å². The summed E-state index contributed by atoms with van der Waals surface area (Å²) in [7, 11) is -2.43. The summed E-state index contributed by atoms with van der Waals surface area (Å²) in [6.07, 6.45) is 8.99. The molecule has 1 aliphatic rings. The highest BCUT2D eigenvalue weighted by Gasteiger charge is 2.45. The Kier molecular flexibility index (Phi) is 11.7. The lowest BCUT2D eigenvalue weighted by molar-refractivity contribution is 0.353. The van der Waals surface area contributed by atoms with Gasteiger partial charge in [0.25, 0.3) is 0 Å². The molecule has 1 aliphatic carbocycles. The minimum absolute atomic E-state index is 0.00634. The summed E-state index contributed by atoms with van der Waals surface area (Å²) in [6, 6.07) is 38.1.